The number of anilines is 1. The summed E-state index contributed by atoms with van der Waals surface area (Å²) in [6.45, 7) is 7.84. The first-order chi connectivity index (χ1) is 8.64. The van der Waals surface area contributed by atoms with E-state index in [0.717, 1.165) is 12.1 Å². The average molecular weight is 288 g/mol. The van der Waals surface area contributed by atoms with Crippen LogP contribution in [-0.4, -0.2) is 25.3 Å². The number of halogens is 1. The number of nitrogens with zero attached hydrogens (tertiary/aromatic N) is 1. The van der Waals surface area contributed by atoms with Crippen LogP contribution in [0.4, 0.5) is 10.1 Å². The predicted octanol–water partition coefficient (Wildman–Crippen LogP) is 2.46. The minimum Gasteiger partial charge on any atom is -0.399 e. The number of nitrogens with two attached hydrogens (primary N) is 1. The van der Waals surface area contributed by atoms with Crippen molar-refractivity contribution >= 4 is 15.7 Å². The standard InChI is InChI=1S/C13H21FN2O2S/c1-9(2)8-16(10(3)4)19(17,18)13-6-11(14)5-12(15)7-13/h5-7,9-10H,8,15H2,1-4H3. The Bertz CT molecular complexity index is 521. The van der Waals surface area contributed by atoms with Gasteiger partial charge in [-0.25, -0.2) is 12.8 Å². The van der Waals surface area contributed by atoms with Gasteiger partial charge in [0.25, 0.3) is 0 Å². The molecule has 1 aromatic rings. The van der Waals surface area contributed by atoms with E-state index in [2.05, 4.69) is 0 Å². The molecule has 108 valence electrons. The van der Waals surface area contributed by atoms with Crippen LogP contribution in [0.2, 0.25) is 0 Å². The van der Waals surface area contributed by atoms with Crippen LogP contribution in [0.25, 0.3) is 0 Å². The molecule has 0 unspecified atom stereocenters. The number of nitrogen functional groups attached to an aromatic ring is 1. The van der Waals surface area contributed by atoms with E-state index in [0.29, 0.717) is 6.54 Å². The maximum absolute atomic E-state index is 13.3. The molecule has 6 heteroatoms. The van der Waals surface area contributed by atoms with Crippen molar-refractivity contribution in [3.63, 3.8) is 0 Å². The molecule has 0 spiro atoms. The first-order valence-corrected chi connectivity index (χ1v) is 7.66. The van der Waals surface area contributed by atoms with Gasteiger partial charge in [0.1, 0.15) is 5.82 Å². The highest BCUT2D eigenvalue weighted by molar-refractivity contribution is 7.89. The van der Waals surface area contributed by atoms with Gasteiger partial charge in [0.2, 0.25) is 10.0 Å². The van der Waals surface area contributed by atoms with Crippen LogP contribution in [0.15, 0.2) is 23.1 Å². The monoisotopic (exact) mass is 288 g/mol. The van der Waals surface area contributed by atoms with Gasteiger partial charge >= 0.3 is 0 Å². The summed E-state index contributed by atoms with van der Waals surface area (Å²) in [6.07, 6.45) is 0. The lowest BCUT2D eigenvalue weighted by atomic mass is 10.2. The molecule has 0 aliphatic rings. The smallest absolute Gasteiger partial charge is 0.243 e. The predicted molar refractivity (Wildman–Crippen MR) is 74.7 cm³/mol. The summed E-state index contributed by atoms with van der Waals surface area (Å²) < 4.78 is 39.7. The second kappa shape index (κ2) is 5.88. The van der Waals surface area contributed by atoms with Gasteiger partial charge in [-0.05, 0) is 38.0 Å². The molecule has 4 nitrogen and oxygen atoms in total. The molecule has 0 fully saturated rings. The maximum atomic E-state index is 13.3. The molecule has 0 amide bonds. The van der Waals surface area contributed by atoms with E-state index in [4.69, 9.17) is 5.73 Å². The van der Waals surface area contributed by atoms with Gasteiger partial charge in [-0.2, -0.15) is 4.31 Å². The lowest BCUT2D eigenvalue weighted by Crippen LogP contribution is -2.39. The Balaban J connectivity index is 3.26. The summed E-state index contributed by atoms with van der Waals surface area (Å²) in [5.41, 5.74) is 5.61. The van der Waals surface area contributed by atoms with Gasteiger partial charge in [0, 0.05) is 18.3 Å². The van der Waals surface area contributed by atoms with Gasteiger partial charge in [0.05, 0.1) is 4.90 Å². The molecule has 19 heavy (non-hydrogen) atoms. The molecule has 2 N–H and O–H groups in total. The summed E-state index contributed by atoms with van der Waals surface area (Å²) >= 11 is 0. The fourth-order valence-corrected chi connectivity index (χ4v) is 3.68. The molecule has 0 bridgehead atoms. The summed E-state index contributed by atoms with van der Waals surface area (Å²) in [5, 5.41) is 0. The zero-order valence-electron chi connectivity index (χ0n) is 11.7. The molecular formula is C13H21FN2O2S. The SMILES string of the molecule is CC(C)CN(C(C)C)S(=O)(=O)c1cc(N)cc(F)c1. The van der Waals surface area contributed by atoms with Crippen molar-refractivity contribution in [2.24, 2.45) is 5.92 Å². The fourth-order valence-electron chi connectivity index (χ4n) is 1.82. The second-order valence-corrected chi connectivity index (χ2v) is 7.17. The minimum atomic E-state index is -3.73. The molecule has 0 radical (unpaired) electrons. The minimum absolute atomic E-state index is 0.0978. The Morgan fingerprint density at radius 1 is 1.21 bits per heavy atom. The van der Waals surface area contributed by atoms with Crippen molar-refractivity contribution in [2.45, 2.75) is 38.6 Å². The van der Waals surface area contributed by atoms with Crippen LogP contribution in [0.1, 0.15) is 27.7 Å². The second-order valence-electron chi connectivity index (χ2n) is 5.28. The summed E-state index contributed by atoms with van der Waals surface area (Å²) in [6, 6.07) is 3.19. The highest BCUT2D eigenvalue weighted by atomic mass is 32.2. The topological polar surface area (TPSA) is 63.4 Å². The Morgan fingerprint density at radius 2 is 1.79 bits per heavy atom. The van der Waals surface area contributed by atoms with E-state index in [9.17, 15) is 12.8 Å². The van der Waals surface area contributed by atoms with Crippen LogP contribution < -0.4 is 5.73 Å². The van der Waals surface area contributed by atoms with Gasteiger partial charge in [-0.3, -0.25) is 0 Å². The number of sulfonamides is 1. The Labute approximate surface area is 114 Å². The van der Waals surface area contributed by atoms with E-state index in [-0.39, 0.29) is 22.5 Å². The number of rotatable bonds is 5. The van der Waals surface area contributed by atoms with Crippen LogP contribution in [0, 0.1) is 11.7 Å². The molecule has 0 aliphatic heterocycles. The van der Waals surface area contributed by atoms with Gasteiger partial charge < -0.3 is 5.73 Å². The highest BCUT2D eigenvalue weighted by Gasteiger charge is 2.28. The number of benzene rings is 1. The first kappa shape index (κ1) is 15.9. The van der Waals surface area contributed by atoms with Crippen molar-refractivity contribution in [1.82, 2.24) is 4.31 Å². The van der Waals surface area contributed by atoms with Crippen LogP contribution >= 0.6 is 0 Å². The van der Waals surface area contributed by atoms with Crippen molar-refractivity contribution in [3.8, 4) is 0 Å². The lowest BCUT2D eigenvalue weighted by Gasteiger charge is -2.27. The number of hydrogen-bond acceptors (Lipinski definition) is 3. The number of hydrogen-bond donors (Lipinski definition) is 1. The summed E-state index contributed by atoms with van der Waals surface area (Å²) in [7, 11) is -3.73. The molecule has 0 aromatic heterocycles. The fraction of sp³-hybridized carbons (Fsp3) is 0.538. The Hall–Kier alpha value is -1.14. The maximum Gasteiger partial charge on any atom is 0.243 e. The third kappa shape index (κ3) is 3.91. The zero-order valence-corrected chi connectivity index (χ0v) is 12.5. The lowest BCUT2D eigenvalue weighted by molar-refractivity contribution is 0.319. The van der Waals surface area contributed by atoms with Crippen LogP contribution in [-0.2, 0) is 10.0 Å². The normalized spacial score (nSPS) is 12.6. The van der Waals surface area contributed by atoms with E-state index in [1.807, 2.05) is 13.8 Å². The van der Waals surface area contributed by atoms with Gasteiger partial charge in [-0.1, -0.05) is 13.8 Å². The van der Waals surface area contributed by atoms with Crippen LogP contribution in [0.3, 0.4) is 0 Å². The zero-order chi connectivity index (χ0) is 14.8. The van der Waals surface area contributed by atoms with Crippen molar-refractivity contribution in [3.05, 3.63) is 24.0 Å². The molecule has 0 saturated heterocycles. The van der Waals surface area contributed by atoms with Crippen molar-refractivity contribution in [2.75, 3.05) is 12.3 Å². The van der Waals surface area contributed by atoms with E-state index < -0.39 is 15.8 Å². The van der Waals surface area contributed by atoms with Crippen LogP contribution in [0.5, 0.6) is 0 Å². The van der Waals surface area contributed by atoms with Crippen molar-refractivity contribution in [1.29, 1.82) is 0 Å². The quantitative estimate of drug-likeness (QED) is 0.847. The average Bonchev–Trinajstić information content (AvgIpc) is 2.23. The van der Waals surface area contributed by atoms with E-state index in [1.54, 1.807) is 13.8 Å². The van der Waals surface area contributed by atoms with Gasteiger partial charge in [0.15, 0.2) is 0 Å². The Kier molecular flexibility index (Phi) is 4.92. The molecule has 0 saturated carbocycles. The molecule has 0 aliphatic carbocycles. The Morgan fingerprint density at radius 3 is 2.21 bits per heavy atom. The third-order valence-corrected chi connectivity index (χ3v) is 4.64. The van der Waals surface area contributed by atoms with Gasteiger partial charge in [-0.15, -0.1) is 0 Å². The molecule has 0 heterocycles. The first-order valence-electron chi connectivity index (χ1n) is 6.22. The summed E-state index contributed by atoms with van der Waals surface area (Å²) in [4.78, 5) is -0.0978. The summed E-state index contributed by atoms with van der Waals surface area (Å²) in [5.74, 6) is -0.463. The molecule has 1 aromatic carbocycles. The van der Waals surface area contributed by atoms with E-state index >= 15 is 0 Å². The molecular weight excluding hydrogens is 267 g/mol. The van der Waals surface area contributed by atoms with E-state index in [1.165, 1.54) is 10.4 Å². The highest BCUT2D eigenvalue weighted by Crippen LogP contribution is 2.22. The molecule has 1 rings (SSSR count). The van der Waals surface area contributed by atoms with Crippen molar-refractivity contribution < 1.29 is 12.8 Å². The third-order valence-electron chi connectivity index (χ3n) is 2.62. The largest absolute Gasteiger partial charge is 0.399 e. The molecule has 0 atom stereocenters.